The number of rotatable bonds is 5. The van der Waals surface area contributed by atoms with Crippen LogP contribution in [0.5, 0.6) is 0 Å². The molecule has 0 saturated carbocycles. The summed E-state index contributed by atoms with van der Waals surface area (Å²) in [6.07, 6.45) is 0. The van der Waals surface area contributed by atoms with Gasteiger partial charge in [0.1, 0.15) is 10.7 Å². The molecule has 164 valence electrons. The van der Waals surface area contributed by atoms with Crippen LogP contribution >= 0.6 is 11.3 Å². The van der Waals surface area contributed by atoms with E-state index in [4.69, 9.17) is 0 Å². The number of nitro groups is 1. The Morgan fingerprint density at radius 2 is 1.78 bits per heavy atom. The highest BCUT2D eigenvalue weighted by atomic mass is 32.1. The minimum Gasteiger partial charge on any atom is -0.362 e. The van der Waals surface area contributed by atoms with Crippen LogP contribution in [0.1, 0.15) is 17.3 Å². The van der Waals surface area contributed by atoms with Gasteiger partial charge in [-0.1, -0.05) is 41.7 Å². The maximum Gasteiger partial charge on any atom is 0.293 e. The molecule has 1 fully saturated rings. The number of nitrogens with one attached hydrogen (secondary N) is 1. The SMILES string of the molecule is CC(=O)N1CCN(c2ccc(C(=O)Nc3nnc(-c4ccccc4)s3)cc2[N+](=O)[O-])CC1. The minimum atomic E-state index is -0.503. The average molecular weight is 452 g/mol. The number of nitro benzene ring substituents is 1. The molecule has 1 aliphatic heterocycles. The predicted octanol–water partition coefficient (Wildman–Crippen LogP) is 3.03. The van der Waals surface area contributed by atoms with Crippen LogP contribution in [0.15, 0.2) is 48.5 Å². The van der Waals surface area contributed by atoms with E-state index in [0.29, 0.717) is 42.0 Å². The van der Waals surface area contributed by atoms with E-state index in [-0.39, 0.29) is 17.2 Å². The van der Waals surface area contributed by atoms with Crippen molar-refractivity contribution >= 4 is 39.7 Å². The van der Waals surface area contributed by atoms with Crippen LogP contribution in [0, 0.1) is 10.1 Å². The fourth-order valence-corrected chi connectivity index (χ4v) is 4.23. The van der Waals surface area contributed by atoms with E-state index >= 15 is 0 Å². The molecule has 0 radical (unpaired) electrons. The molecule has 1 saturated heterocycles. The molecule has 0 spiro atoms. The monoisotopic (exact) mass is 452 g/mol. The van der Waals surface area contributed by atoms with Gasteiger partial charge in [-0.15, -0.1) is 10.2 Å². The molecule has 1 aliphatic rings. The molecule has 32 heavy (non-hydrogen) atoms. The van der Waals surface area contributed by atoms with E-state index in [1.165, 1.54) is 24.3 Å². The summed E-state index contributed by atoms with van der Waals surface area (Å²) in [5.74, 6) is -0.518. The van der Waals surface area contributed by atoms with Crippen molar-refractivity contribution in [3.8, 4) is 10.6 Å². The Kier molecular flexibility index (Phi) is 6.08. The molecule has 0 atom stereocenters. The number of benzene rings is 2. The predicted molar refractivity (Wildman–Crippen MR) is 121 cm³/mol. The lowest BCUT2D eigenvalue weighted by molar-refractivity contribution is -0.384. The fourth-order valence-electron chi connectivity index (χ4n) is 3.48. The summed E-state index contributed by atoms with van der Waals surface area (Å²) in [7, 11) is 0. The lowest BCUT2D eigenvalue weighted by Crippen LogP contribution is -2.48. The van der Waals surface area contributed by atoms with Crippen LogP contribution in [0.4, 0.5) is 16.5 Å². The smallest absolute Gasteiger partial charge is 0.293 e. The largest absolute Gasteiger partial charge is 0.362 e. The number of carbonyl (C=O) groups is 2. The van der Waals surface area contributed by atoms with Gasteiger partial charge in [-0.25, -0.2) is 0 Å². The van der Waals surface area contributed by atoms with Crippen molar-refractivity contribution in [2.75, 3.05) is 36.4 Å². The first-order valence-electron chi connectivity index (χ1n) is 9.91. The molecule has 2 amide bonds. The molecule has 2 aromatic carbocycles. The zero-order chi connectivity index (χ0) is 22.7. The van der Waals surface area contributed by atoms with Crippen molar-refractivity contribution in [3.63, 3.8) is 0 Å². The number of carbonyl (C=O) groups excluding carboxylic acids is 2. The minimum absolute atomic E-state index is 0.0155. The number of anilines is 2. The van der Waals surface area contributed by atoms with Gasteiger partial charge >= 0.3 is 0 Å². The Bertz CT molecular complexity index is 1160. The number of piperazine rings is 1. The number of amides is 2. The molecule has 3 aromatic rings. The van der Waals surface area contributed by atoms with Gasteiger partial charge in [-0.05, 0) is 12.1 Å². The van der Waals surface area contributed by atoms with Crippen LogP contribution in [0.25, 0.3) is 10.6 Å². The zero-order valence-corrected chi connectivity index (χ0v) is 18.0. The van der Waals surface area contributed by atoms with E-state index < -0.39 is 10.8 Å². The highest BCUT2D eigenvalue weighted by molar-refractivity contribution is 7.18. The third kappa shape index (κ3) is 4.57. The first-order valence-corrected chi connectivity index (χ1v) is 10.7. The van der Waals surface area contributed by atoms with Crippen molar-refractivity contribution in [2.45, 2.75) is 6.92 Å². The van der Waals surface area contributed by atoms with Crippen LogP contribution < -0.4 is 10.2 Å². The third-order valence-electron chi connectivity index (χ3n) is 5.17. The molecular weight excluding hydrogens is 432 g/mol. The molecule has 0 aliphatic carbocycles. The summed E-state index contributed by atoms with van der Waals surface area (Å²) >= 11 is 1.22. The van der Waals surface area contributed by atoms with E-state index in [9.17, 15) is 19.7 Å². The van der Waals surface area contributed by atoms with Crippen molar-refractivity contribution in [1.82, 2.24) is 15.1 Å². The van der Waals surface area contributed by atoms with Crippen molar-refractivity contribution in [1.29, 1.82) is 0 Å². The van der Waals surface area contributed by atoms with Crippen molar-refractivity contribution in [2.24, 2.45) is 0 Å². The van der Waals surface area contributed by atoms with E-state index in [0.717, 1.165) is 5.56 Å². The van der Waals surface area contributed by atoms with Crippen LogP contribution in [-0.2, 0) is 4.79 Å². The zero-order valence-electron chi connectivity index (χ0n) is 17.2. The lowest BCUT2D eigenvalue weighted by atomic mass is 10.1. The molecule has 4 rings (SSSR count). The summed E-state index contributed by atoms with van der Waals surface area (Å²) < 4.78 is 0. The summed E-state index contributed by atoms with van der Waals surface area (Å²) in [6.45, 7) is 3.47. The van der Waals surface area contributed by atoms with Gasteiger partial charge in [-0.3, -0.25) is 25.0 Å². The maximum atomic E-state index is 12.7. The van der Waals surface area contributed by atoms with Gasteiger partial charge in [0.2, 0.25) is 11.0 Å². The van der Waals surface area contributed by atoms with E-state index in [1.807, 2.05) is 35.2 Å². The van der Waals surface area contributed by atoms with E-state index in [2.05, 4.69) is 15.5 Å². The summed E-state index contributed by atoms with van der Waals surface area (Å²) in [5.41, 5.74) is 1.31. The Balaban J connectivity index is 1.50. The highest BCUT2D eigenvalue weighted by Crippen LogP contribution is 2.31. The Morgan fingerprint density at radius 3 is 2.44 bits per heavy atom. The van der Waals surface area contributed by atoms with Gasteiger partial charge < -0.3 is 9.80 Å². The Morgan fingerprint density at radius 1 is 1.06 bits per heavy atom. The molecule has 10 nitrogen and oxygen atoms in total. The quantitative estimate of drug-likeness (QED) is 0.466. The molecule has 2 heterocycles. The number of nitrogens with zero attached hydrogens (tertiary/aromatic N) is 5. The highest BCUT2D eigenvalue weighted by Gasteiger charge is 2.26. The van der Waals surface area contributed by atoms with Gasteiger partial charge in [0, 0.05) is 50.3 Å². The van der Waals surface area contributed by atoms with Crippen LogP contribution in [0.2, 0.25) is 0 Å². The standard InChI is InChI=1S/C21H20N6O4S/c1-14(28)25-9-11-26(12-10-25)17-8-7-16(13-18(17)27(30)31)19(29)22-21-24-23-20(32-21)15-5-3-2-4-6-15/h2-8,13H,9-12H2,1H3,(H,22,24,29). The van der Waals surface area contributed by atoms with Gasteiger partial charge in [0.25, 0.3) is 11.6 Å². The Hall–Kier alpha value is -3.86. The third-order valence-corrected chi connectivity index (χ3v) is 6.05. The number of hydrogen-bond donors (Lipinski definition) is 1. The summed E-state index contributed by atoms with van der Waals surface area (Å²) in [4.78, 5) is 39.0. The van der Waals surface area contributed by atoms with Crippen molar-refractivity contribution in [3.05, 3.63) is 64.2 Å². The lowest BCUT2D eigenvalue weighted by Gasteiger charge is -2.35. The average Bonchev–Trinajstić information content (AvgIpc) is 3.27. The first-order chi connectivity index (χ1) is 15.4. The topological polar surface area (TPSA) is 122 Å². The Labute approximate surface area is 187 Å². The van der Waals surface area contributed by atoms with Crippen LogP contribution in [0.3, 0.4) is 0 Å². The molecule has 1 aromatic heterocycles. The molecular formula is C21H20N6O4S. The van der Waals surface area contributed by atoms with Gasteiger partial charge in [0.15, 0.2) is 0 Å². The maximum absolute atomic E-state index is 12.7. The normalized spacial score (nSPS) is 13.7. The second-order valence-corrected chi connectivity index (χ2v) is 8.16. The van der Waals surface area contributed by atoms with E-state index in [1.54, 1.807) is 17.0 Å². The second kappa shape index (κ2) is 9.10. The number of hydrogen-bond acceptors (Lipinski definition) is 8. The molecule has 11 heteroatoms. The number of aromatic nitrogens is 2. The summed E-state index contributed by atoms with van der Waals surface area (Å²) in [6, 6.07) is 13.8. The molecule has 0 unspecified atom stereocenters. The summed E-state index contributed by atoms with van der Waals surface area (Å²) in [5, 5.41) is 23.4. The molecule has 1 N–H and O–H groups in total. The van der Waals surface area contributed by atoms with Gasteiger partial charge in [-0.2, -0.15) is 0 Å². The van der Waals surface area contributed by atoms with Gasteiger partial charge in [0.05, 0.1) is 4.92 Å². The van der Waals surface area contributed by atoms with Crippen LogP contribution in [-0.4, -0.2) is 58.0 Å². The first kappa shape index (κ1) is 21.4. The molecule has 0 bridgehead atoms. The fraction of sp³-hybridized carbons (Fsp3) is 0.238. The second-order valence-electron chi connectivity index (χ2n) is 7.19. The van der Waals surface area contributed by atoms with Crippen molar-refractivity contribution < 1.29 is 14.5 Å².